The van der Waals surface area contributed by atoms with Crippen LogP contribution in [0.15, 0.2) is 47.8 Å². The predicted octanol–water partition coefficient (Wildman–Crippen LogP) is 1.88. The molecule has 0 saturated heterocycles. The second kappa shape index (κ2) is 6.25. The van der Waals surface area contributed by atoms with Crippen LogP contribution in [0.4, 0.5) is 11.6 Å². The molecule has 0 saturated carbocycles. The van der Waals surface area contributed by atoms with Crippen molar-refractivity contribution in [2.24, 2.45) is 5.10 Å². The molecule has 19 heavy (non-hydrogen) atoms. The van der Waals surface area contributed by atoms with Crippen molar-refractivity contribution in [3.05, 3.63) is 48.3 Å². The summed E-state index contributed by atoms with van der Waals surface area (Å²) in [7, 11) is 0. The molecule has 1 heterocycles. The highest BCUT2D eigenvalue weighted by molar-refractivity contribution is 5.89. The number of hydrogen-bond acceptors (Lipinski definition) is 5. The summed E-state index contributed by atoms with van der Waals surface area (Å²) in [5, 5.41) is 6.71. The first-order chi connectivity index (χ1) is 9.24. The van der Waals surface area contributed by atoms with E-state index in [1.807, 2.05) is 24.3 Å². The lowest BCUT2D eigenvalue weighted by atomic mass is 10.2. The first-order valence-electron chi connectivity index (χ1n) is 5.68. The number of amides is 1. The van der Waals surface area contributed by atoms with Crippen LogP contribution in [-0.4, -0.2) is 22.1 Å². The Labute approximate surface area is 110 Å². The molecule has 0 fully saturated rings. The molecule has 2 rings (SSSR count). The number of benzene rings is 1. The summed E-state index contributed by atoms with van der Waals surface area (Å²) < 4.78 is 0. The molecule has 6 nitrogen and oxygen atoms in total. The van der Waals surface area contributed by atoms with E-state index in [9.17, 15) is 4.79 Å². The molecule has 0 spiro atoms. The van der Waals surface area contributed by atoms with Gasteiger partial charge in [0.05, 0.1) is 6.21 Å². The zero-order valence-electron chi connectivity index (χ0n) is 10.4. The molecule has 2 N–H and O–H groups in total. The van der Waals surface area contributed by atoms with E-state index in [0.29, 0.717) is 5.95 Å². The van der Waals surface area contributed by atoms with Gasteiger partial charge in [-0.15, -0.1) is 0 Å². The maximum Gasteiger partial charge on any atom is 0.243 e. The average Bonchev–Trinajstić information content (AvgIpc) is 2.41. The fourth-order valence-corrected chi connectivity index (χ4v) is 1.38. The van der Waals surface area contributed by atoms with E-state index in [1.54, 1.807) is 24.7 Å². The van der Waals surface area contributed by atoms with Crippen LogP contribution in [0.3, 0.4) is 0 Å². The minimum absolute atomic E-state index is 0.0932. The van der Waals surface area contributed by atoms with Crippen LogP contribution in [0.1, 0.15) is 12.5 Å². The highest BCUT2D eigenvalue weighted by atomic mass is 16.1. The van der Waals surface area contributed by atoms with Gasteiger partial charge < -0.3 is 5.32 Å². The molecule has 2 aromatic rings. The first-order valence-corrected chi connectivity index (χ1v) is 5.68. The van der Waals surface area contributed by atoms with Gasteiger partial charge in [-0.25, -0.2) is 15.4 Å². The van der Waals surface area contributed by atoms with Crippen molar-refractivity contribution in [3.63, 3.8) is 0 Å². The zero-order valence-corrected chi connectivity index (χ0v) is 10.4. The SMILES string of the molecule is CC(=O)Nc1ccc(/C=N\Nc2ncccn2)cc1. The largest absolute Gasteiger partial charge is 0.326 e. The minimum Gasteiger partial charge on any atom is -0.326 e. The maximum absolute atomic E-state index is 10.9. The molecule has 0 bridgehead atoms. The Balaban J connectivity index is 1.94. The number of hydrogen-bond donors (Lipinski definition) is 2. The van der Waals surface area contributed by atoms with Crippen molar-refractivity contribution in [3.8, 4) is 0 Å². The van der Waals surface area contributed by atoms with E-state index in [1.165, 1.54) is 6.92 Å². The van der Waals surface area contributed by atoms with Crippen molar-refractivity contribution in [2.45, 2.75) is 6.92 Å². The Bertz CT molecular complexity index is 565. The van der Waals surface area contributed by atoms with Crippen molar-refractivity contribution in [2.75, 3.05) is 10.7 Å². The van der Waals surface area contributed by atoms with Crippen LogP contribution in [0.2, 0.25) is 0 Å². The summed E-state index contributed by atoms with van der Waals surface area (Å²) >= 11 is 0. The van der Waals surface area contributed by atoms with Crippen molar-refractivity contribution in [1.82, 2.24) is 9.97 Å². The van der Waals surface area contributed by atoms with Crippen LogP contribution in [0, 0.1) is 0 Å². The lowest BCUT2D eigenvalue weighted by Crippen LogP contribution is -2.05. The molecule has 0 aliphatic heterocycles. The molecular formula is C13H13N5O. The first kappa shape index (κ1) is 12.7. The van der Waals surface area contributed by atoms with E-state index in [4.69, 9.17) is 0 Å². The quantitative estimate of drug-likeness (QED) is 0.645. The second-order valence-corrected chi connectivity index (χ2v) is 3.75. The summed E-state index contributed by atoms with van der Waals surface area (Å²) in [6.07, 6.45) is 4.91. The van der Waals surface area contributed by atoms with Gasteiger partial charge in [0, 0.05) is 25.0 Å². The Morgan fingerprint density at radius 1 is 1.21 bits per heavy atom. The number of rotatable bonds is 4. The lowest BCUT2D eigenvalue weighted by molar-refractivity contribution is -0.114. The van der Waals surface area contributed by atoms with E-state index in [-0.39, 0.29) is 5.91 Å². The second-order valence-electron chi connectivity index (χ2n) is 3.75. The van der Waals surface area contributed by atoms with Gasteiger partial charge in [0.25, 0.3) is 0 Å². The smallest absolute Gasteiger partial charge is 0.243 e. The third-order valence-corrected chi connectivity index (χ3v) is 2.17. The molecule has 0 radical (unpaired) electrons. The van der Waals surface area contributed by atoms with Crippen molar-refractivity contribution < 1.29 is 4.79 Å². The van der Waals surface area contributed by atoms with Gasteiger partial charge in [0.15, 0.2) is 0 Å². The standard InChI is InChI=1S/C13H13N5O/c1-10(19)17-12-5-3-11(4-6-12)9-16-18-13-14-7-2-8-15-13/h2-9H,1H3,(H,17,19)(H,14,15,18)/b16-9-. The van der Waals surface area contributed by atoms with E-state index in [0.717, 1.165) is 11.3 Å². The number of aromatic nitrogens is 2. The molecule has 96 valence electrons. The highest BCUT2D eigenvalue weighted by Gasteiger charge is 1.95. The number of nitrogens with zero attached hydrogens (tertiary/aromatic N) is 3. The summed E-state index contributed by atoms with van der Waals surface area (Å²) in [6, 6.07) is 9.05. The van der Waals surface area contributed by atoms with E-state index < -0.39 is 0 Å². The maximum atomic E-state index is 10.9. The molecule has 0 aliphatic carbocycles. The lowest BCUT2D eigenvalue weighted by Gasteiger charge is -2.01. The third kappa shape index (κ3) is 4.19. The Kier molecular flexibility index (Phi) is 4.17. The number of carbonyl (C=O) groups excluding carboxylic acids is 1. The van der Waals surface area contributed by atoms with Gasteiger partial charge in [0.1, 0.15) is 0 Å². The summed E-state index contributed by atoms with van der Waals surface area (Å²) in [5.41, 5.74) is 4.37. The van der Waals surface area contributed by atoms with Gasteiger partial charge >= 0.3 is 0 Å². The monoisotopic (exact) mass is 255 g/mol. The molecular weight excluding hydrogens is 242 g/mol. The summed E-state index contributed by atoms with van der Waals surface area (Å²) in [4.78, 5) is 18.8. The van der Waals surface area contributed by atoms with Crippen LogP contribution < -0.4 is 10.7 Å². The zero-order chi connectivity index (χ0) is 13.5. The van der Waals surface area contributed by atoms with Gasteiger partial charge in [-0.3, -0.25) is 4.79 Å². The topological polar surface area (TPSA) is 79.3 Å². The van der Waals surface area contributed by atoms with Gasteiger partial charge in [-0.2, -0.15) is 5.10 Å². The number of hydrazone groups is 1. The van der Waals surface area contributed by atoms with Crippen LogP contribution >= 0.6 is 0 Å². The molecule has 1 amide bonds. The molecule has 1 aromatic carbocycles. The normalized spacial score (nSPS) is 10.4. The van der Waals surface area contributed by atoms with Crippen LogP contribution in [-0.2, 0) is 4.79 Å². The number of carbonyl (C=O) groups is 1. The predicted molar refractivity (Wildman–Crippen MR) is 74.0 cm³/mol. The molecule has 0 unspecified atom stereocenters. The molecule has 0 atom stereocenters. The molecule has 0 aliphatic rings. The summed E-state index contributed by atoms with van der Waals surface area (Å²) in [6.45, 7) is 1.47. The van der Waals surface area contributed by atoms with Gasteiger partial charge in [0.2, 0.25) is 11.9 Å². The summed E-state index contributed by atoms with van der Waals surface area (Å²) in [5.74, 6) is 0.345. The number of anilines is 2. The number of nitrogens with one attached hydrogen (secondary N) is 2. The Morgan fingerprint density at radius 2 is 1.89 bits per heavy atom. The molecule has 6 heteroatoms. The van der Waals surface area contributed by atoms with Crippen molar-refractivity contribution in [1.29, 1.82) is 0 Å². The fourth-order valence-electron chi connectivity index (χ4n) is 1.38. The van der Waals surface area contributed by atoms with Crippen LogP contribution in [0.25, 0.3) is 0 Å². The van der Waals surface area contributed by atoms with Gasteiger partial charge in [-0.05, 0) is 23.8 Å². The fraction of sp³-hybridized carbons (Fsp3) is 0.0769. The van der Waals surface area contributed by atoms with Crippen molar-refractivity contribution >= 4 is 23.8 Å². The molecule has 1 aromatic heterocycles. The van der Waals surface area contributed by atoms with E-state index in [2.05, 4.69) is 25.8 Å². The minimum atomic E-state index is -0.0932. The third-order valence-electron chi connectivity index (χ3n) is 2.17. The van der Waals surface area contributed by atoms with Crippen LogP contribution in [0.5, 0.6) is 0 Å². The average molecular weight is 255 g/mol. The Hall–Kier alpha value is -2.76. The van der Waals surface area contributed by atoms with E-state index >= 15 is 0 Å². The van der Waals surface area contributed by atoms with Gasteiger partial charge in [-0.1, -0.05) is 12.1 Å². The highest BCUT2D eigenvalue weighted by Crippen LogP contribution is 2.08. The Morgan fingerprint density at radius 3 is 2.53 bits per heavy atom.